The number of halogens is 1. The second-order valence-corrected chi connectivity index (χ2v) is 6.66. The van der Waals surface area contributed by atoms with E-state index in [1.807, 2.05) is 0 Å². The van der Waals surface area contributed by atoms with Gasteiger partial charge in [-0.2, -0.15) is 0 Å². The molecule has 3 rings (SSSR count). The Hall–Kier alpha value is -1.81. The first kappa shape index (κ1) is 16.1. The lowest BCUT2D eigenvalue weighted by Crippen LogP contribution is -2.36. The van der Waals surface area contributed by atoms with Crippen LogP contribution in [0.1, 0.15) is 38.5 Å². The molecule has 2 aromatic rings. The molecule has 23 heavy (non-hydrogen) atoms. The Kier molecular flexibility index (Phi) is 5.01. The van der Waals surface area contributed by atoms with Crippen molar-refractivity contribution in [2.75, 3.05) is 0 Å². The second kappa shape index (κ2) is 7.18. The molecule has 122 valence electrons. The molecule has 1 aliphatic rings. The van der Waals surface area contributed by atoms with Crippen LogP contribution in [0.4, 0.5) is 0 Å². The Labute approximate surface area is 140 Å². The monoisotopic (exact) mass is 332 g/mol. The highest BCUT2D eigenvalue weighted by Crippen LogP contribution is 2.18. The molecule has 1 aliphatic carbocycles. The number of carbonyl (C=O) groups is 1. The Morgan fingerprint density at radius 2 is 1.91 bits per heavy atom. The predicted octanol–water partition coefficient (Wildman–Crippen LogP) is 3.49. The van der Waals surface area contributed by atoms with Gasteiger partial charge in [0.05, 0.1) is 5.52 Å². The third kappa shape index (κ3) is 3.94. The minimum atomic E-state index is -0.0806. The van der Waals surface area contributed by atoms with Crippen molar-refractivity contribution >= 4 is 28.4 Å². The van der Waals surface area contributed by atoms with Crippen LogP contribution < -0.4 is 10.7 Å². The smallest absolute Gasteiger partial charge is 0.240 e. The van der Waals surface area contributed by atoms with Crippen molar-refractivity contribution in [3.63, 3.8) is 0 Å². The molecule has 0 bridgehead atoms. The highest BCUT2D eigenvalue weighted by Gasteiger charge is 2.15. The van der Waals surface area contributed by atoms with Gasteiger partial charge < -0.3 is 9.88 Å². The average Bonchev–Trinajstić information content (AvgIpc) is 2.79. The Morgan fingerprint density at radius 1 is 1.17 bits per heavy atom. The van der Waals surface area contributed by atoms with Crippen LogP contribution in [0.15, 0.2) is 35.3 Å². The summed E-state index contributed by atoms with van der Waals surface area (Å²) in [7, 11) is 0. The van der Waals surface area contributed by atoms with Gasteiger partial charge in [0.15, 0.2) is 5.43 Å². The Balaban J connectivity index is 1.77. The van der Waals surface area contributed by atoms with Gasteiger partial charge in [-0.25, -0.2) is 0 Å². The zero-order valence-electron chi connectivity index (χ0n) is 13.1. The topological polar surface area (TPSA) is 51.1 Å². The van der Waals surface area contributed by atoms with Crippen LogP contribution in [0, 0.1) is 0 Å². The maximum atomic E-state index is 12.4. The second-order valence-electron chi connectivity index (χ2n) is 6.23. The molecule has 1 aromatic heterocycles. The highest BCUT2D eigenvalue weighted by atomic mass is 35.5. The first-order chi connectivity index (χ1) is 11.1. The number of nitrogens with zero attached hydrogens (tertiary/aromatic N) is 1. The maximum Gasteiger partial charge on any atom is 0.240 e. The number of pyridine rings is 1. The van der Waals surface area contributed by atoms with Gasteiger partial charge in [0.25, 0.3) is 0 Å². The summed E-state index contributed by atoms with van der Waals surface area (Å²) in [4.78, 5) is 24.3. The molecule has 1 fully saturated rings. The summed E-state index contributed by atoms with van der Waals surface area (Å²) in [5.74, 6) is -0.00296. The largest absolute Gasteiger partial charge is 0.352 e. The molecular weight excluding hydrogens is 312 g/mol. The van der Waals surface area contributed by atoms with Crippen molar-refractivity contribution < 1.29 is 4.79 Å². The van der Waals surface area contributed by atoms with E-state index in [0.29, 0.717) is 10.4 Å². The van der Waals surface area contributed by atoms with Gasteiger partial charge in [0.1, 0.15) is 6.54 Å². The van der Waals surface area contributed by atoms with Crippen molar-refractivity contribution in [3.05, 3.63) is 45.7 Å². The fourth-order valence-electron chi connectivity index (χ4n) is 3.27. The summed E-state index contributed by atoms with van der Waals surface area (Å²) in [5, 5.41) is 4.20. The quantitative estimate of drug-likeness (QED) is 0.875. The lowest BCUT2D eigenvalue weighted by atomic mass is 10.1. The van der Waals surface area contributed by atoms with E-state index in [9.17, 15) is 9.59 Å². The molecule has 0 atom stereocenters. The van der Waals surface area contributed by atoms with E-state index in [-0.39, 0.29) is 23.9 Å². The molecule has 1 amide bonds. The molecule has 1 N–H and O–H groups in total. The van der Waals surface area contributed by atoms with Gasteiger partial charge in [0.2, 0.25) is 5.91 Å². The summed E-state index contributed by atoms with van der Waals surface area (Å²) in [6.07, 6.45) is 8.69. The molecule has 4 nitrogen and oxygen atoms in total. The zero-order chi connectivity index (χ0) is 16.2. The molecule has 5 heteroatoms. The molecule has 1 saturated carbocycles. The summed E-state index contributed by atoms with van der Waals surface area (Å²) < 4.78 is 1.80. The van der Waals surface area contributed by atoms with Gasteiger partial charge in [-0.1, -0.05) is 37.3 Å². The van der Waals surface area contributed by atoms with Crippen molar-refractivity contribution in [2.45, 2.75) is 51.1 Å². The van der Waals surface area contributed by atoms with Crippen LogP contribution in [0.2, 0.25) is 5.02 Å². The molecule has 1 aromatic carbocycles. The third-order valence-electron chi connectivity index (χ3n) is 4.47. The predicted molar refractivity (Wildman–Crippen MR) is 92.9 cm³/mol. The number of amides is 1. The van der Waals surface area contributed by atoms with Crippen molar-refractivity contribution in [1.82, 2.24) is 9.88 Å². The fourth-order valence-corrected chi connectivity index (χ4v) is 3.45. The number of fused-ring (bicyclic) bond motifs is 1. The summed E-state index contributed by atoms with van der Waals surface area (Å²) in [6, 6.07) is 6.95. The fraction of sp³-hybridized carbons (Fsp3) is 0.444. The van der Waals surface area contributed by atoms with Crippen LogP contribution in [0.25, 0.3) is 10.9 Å². The number of nitrogens with one attached hydrogen (secondary N) is 1. The molecular formula is C18H21ClN2O2. The van der Waals surface area contributed by atoms with E-state index in [1.54, 1.807) is 29.0 Å². The summed E-state index contributed by atoms with van der Waals surface area (Å²) in [5.41, 5.74) is 0.654. The highest BCUT2D eigenvalue weighted by molar-refractivity contribution is 6.31. The van der Waals surface area contributed by atoms with Gasteiger partial charge in [0, 0.05) is 28.7 Å². The lowest BCUT2D eigenvalue weighted by Gasteiger charge is -2.17. The number of aromatic nitrogens is 1. The number of rotatable bonds is 3. The van der Waals surface area contributed by atoms with Gasteiger partial charge >= 0.3 is 0 Å². The van der Waals surface area contributed by atoms with Gasteiger partial charge in [-0.3, -0.25) is 9.59 Å². The Morgan fingerprint density at radius 3 is 2.65 bits per heavy atom. The lowest BCUT2D eigenvalue weighted by molar-refractivity contribution is -0.122. The van der Waals surface area contributed by atoms with Crippen LogP contribution in [-0.2, 0) is 11.3 Å². The molecule has 0 spiro atoms. The van der Waals surface area contributed by atoms with Gasteiger partial charge in [-0.15, -0.1) is 0 Å². The minimum absolute atomic E-state index is 0.00296. The van der Waals surface area contributed by atoms with E-state index >= 15 is 0 Å². The molecule has 0 radical (unpaired) electrons. The van der Waals surface area contributed by atoms with Crippen molar-refractivity contribution in [1.29, 1.82) is 0 Å². The van der Waals surface area contributed by atoms with E-state index in [1.165, 1.54) is 31.7 Å². The van der Waals surface area contributed by atoms with Crippen molar-refractivity contribution in [3.8, 4) is 0 Å². The molecule has 1 heterocycles. The Bertz CT molecular complexity index is 761. The maximum absolute atomic E-state index is 12.4. The van der Waals surface area contributed by atoms with Crippen molar-refractivity contribution in [2.24, 2.45) is 0 Å². The van der Waals surface area contributed by atoms with Crippen LogP contribution in [-0.4, -0.2) is 16.5 Å². The van der Waals surface area contributed by atoms with E-state index in [4.69, 9.17) is 11.6 Å². The van der Waals surface area contributed by atoms with Gasteiger partial charge in [-0.05, 0) is 31.0 Å². The number of carbonyl (C=O) groups excluding carboxylic acids is 1. The third-order valence-corrected chi connectivity index (χ3v) is 4.71. The number of benzene rings is 1. The summed E-state index contributed by atoms with van der Waals surface area (Å²) >= 11 is 5.97. The van der Waals surface area contributed by atoms with Crippen LogP contribution in [0.3, 0.4) is 0 Å². The standard InChI is InChI=1S/C18H21ClN2O2/c19-13-7-8-16-15(11-13)17(22)9-10-21(16)12-18(23)20-14-5-3-1-2-4-6-14/h7-11,14H,1-6,12H2,(H,20,23). The summed E-state index contributed by atoms with van der Waals surface area (Å²) in [6.45, 7) is 0.217. The first-order valence-corrected chi connectivity index (χ1v) is 8.59. The van der Waals surface area contributed by atoms with E-state index in [0.717, 1.165) is 18.4 Å². The zero-order valence-corrected chi connectivity index (χ0v) is 13.8. The normalized spacial score (nSPS) is 16.2. The van der Waals surface area contributed by atoms with Crippen LogP contribution in [0.5, 0.6) is 0 Å². The molecule has 0 unspecified atom stereocenters. The van der Waals surface area contributed by atoms with E-state index < -0.39 is 0 Å². The number of hydrogen-bond donors (Lipinski definition) is 1. The molecule has 0 saturated heterocycles. The average molecular weight is 333 g/mol. The number of hydrogen-bond acceptors (Lipinski definition) is 2. The van der Waals surface area contributed by atoms with E-state index in [2.05, 4.69) is 5.32 Å². The SMILES string of the molecule is O=C(Cn1ccc(=O)c2cc(Cl)ccc21)NC1CCCCCC1. The first-order valence-electron chi connectivity index (χ1n) is 8.21. The molecule has 0 aliphatic heterocycles. The minimum Gasteiger partial charge on any atom is -0.352 e. The van der Waals surface area contributed by atoms with Crippen LogP contribution >= 0.6 is 11.6 Å².